The molecule has 0 amide bonds. The molecule has 8 heteroatoms. The van der Waals surface area contributed by atoms with Gasteiger partial charge in [0.05, 0.1) is 23.4 Å². The summed E-state index contributed by atoms with van der Waals surface area (Å²) < 4.78 is 25.3. The van der Waals surface area contributed by atoms with Gasteiger partial charge in [-0.3, -0.25) is 4.68 Å². The average molecular weight is 310 g/mol. The van der Waals surface area contributed by atoms with E-state index in [0.29, 0.717) is 16.9 Å². The van der Waals surface area contributed by atoms with Crippen LogP contribution in [0.4, 0.5) is 0 Å². The molecule has 1 unspecified atom stereocenters. The number of nitrogens with one attached hydrogen (secondary N) is 1. The van der Waals surface area contributed by atoms with Crippen molar-refractivity contribution < 1.29 is 8.42 Å². The molecule has 106 valence electrons. The highest BCUT2D eigenvalue weighted by Gasteiger charge is 2.30. The molecule has 2 aromatic heterocycles. The van der Waals surface area contributed by atoms with Crippen LogP contribution in [0, 0.1) is 4.64 Å². The SMILES string of the molecule is Cn1cc(-c2cc(=S)nc(C3CCS(=O)(=O)C3)[nH]2)cn1. The molecule has 1 aliphatic heterocycles. The van der Waals surface area contributed by atoms with Crippen molar-refractivity contribution >= 4 is 22.1 Å². The molecule has 0 spiro atoms. The summed E-state index contributed by atoms with van der Waals surface area (Å²) in [6.07, 6.45) is 4.20. The third-order valence-electron chi connectivity index (χ3n) is 3.40. The lowest BCUT2D eigenvalue weighted by molar-refractivity contribution is 0.601. The Morgan fingerprint density at radius 2 is 2.30 bits per heavy atom. The molecular formula is C12H14N4O2S2. The topological polar surface area (TPSA) is 80.6 Å². The molecule has 0 aromatic carbocycles. The Bertz CT molecular complexity index is 807. The van der Waals surface area contributed by atoms with Gasteiger partial charge in [-0.1, -0.05) is 12.2 Å². The molecule has 1 atom stereocenters. The fraction of sp³-hybridized carbons (Fsp3) is 0.417. The fourth-order valence-electron chi connectivity index (χ4n) is 2.40. The first kappa shape index (κ1) is 13.4. The van der Waals surface area contributed by atoms with Crippen molar-refractivity contribution in [2.24, 2.45) is 7.05 Å². The van der Waals surface area contributed by atoms with Crippen LogP contribution in [0.3, 0.4) is 0 Å². The maximum atomic E-state index is 11.6. The zero-order valence-corrected chi connectivity index (χ0v) is 12.5. The summed E-state index contributed by atoms with van der Waals surface area (Å²) in [6, 6.07) is 1.76. The molecule has 1 saturated heterocycles. The molecule has 20 heavy (non-hydrogen) atoms. The fourth-order valence-corrected chi connectivity index (χ4v) is 4.36. The number of nitrogens with zero attached hydrogens (tertiary/aromatic N) is 3. The van der Waals surface area contributed by atoms with Crippen molar-refractivity contribution in [1.82, 2.24) is 19.7 Å². The summed E-state index contributed by atoms with van der Waals surface area (Å²) >= 11 is 5.18. The first-order valence-corrected chi connectivity index (χ1v) is 8.47. The Morgan fingerprint density at radius 1 is 1.50 bits per heavy atom. The van der Waals surface area contributed by atoms with E-state index in [-0.39, 0.29) is 17.4 Å². The van der Waals surface area contributed by atoms with Crippen LogP contribution in [0.25, 0.3) is 11.3 Å². The van der Waals surface area contributed by atoms with Gasteiger partial charge >= 0.3 is 0 Å². The average Bonchev–Trinajstić information content (AvgIpc) is 2.94. The Labute approximate surface area is 121 Å². The minimum absolute atomic E-state index is 0.0988. The summed E-state index contributed by atoms with van der Waals surface area (Å²) in [6.45, 7) is 0. The summed E-state index contributed by atoms with van der Waals surface area (Å²) in [7, 11) is -1.10. The van der Waals surface area contributed by atoms with Gasteiger partial charge in [0.25, 0.3) is 0 Å². The number of rotatable bonds is 2. The van der Waals surface area contributed by atoms with Crippen molar-refractivity contribution in [3.05, 3.63) is 28.9 Å². The first-order chi connectivity index (χ1) is 9.43. The van der Waals surface area contributed by atoms with E-state index in [4.69, 9.17) is 12.2 Å². The lowest BCUT2D eigenvalue weighted by Gasteiger charge is -2.09. The smallest absolute Gasteiger partial charge is 0.151 e. The Kier molecular flexibility index (Phi) is 3.21. The first-order valence-electron chi connectivity index (χ1n) is 6.24. The number of aryl methyl sites for hydroxylation is 1. The van der Waals surface area contributed by atoms with Crippen LogP contribution in [0.5, 0.6) is 0 Å². The predicted molar refractivity (Wildman–Crippen MR) is 77.6 cm³/mol. The van der Waals surface area contributed by atoms with Gasteiger partial charge in [0, 0.05) is 24.7 Å². The van der Waals surface area contributed by atoms with Gasteiger partial charge in [-0.25, -0.2) is 13.4 Å². The molecule has 6 nitrogen and oxygen atoms in total. The molecule has 3 heterocycles. The van der Waals surface area contributed by atoms with Crippen molar-refractivity contribution in [2.75, 3.05) is 11.5 Å². The van der Waals surface area contributed by atoms with E-state index in [1.165, 1.54) is 0 Å². The van der Waals surface area contributed by atoms with Crippen molar-refractivity contribution in [3.8, 4) is 11.3 Å². The Hall–Kier alpha value is -1.54. The minimum Gasteiger partial charge on any atom is -0.343 e. The maximum absolute atomic E-state index is 11.6. The monoisotopic (exact) mass is 310 g/mol. The van der Waals surface area contributed by atoms with E-state index in [1.54, 1.807) is 16.9 Å². The molecular weight excluding hydrogens is 296 g/mol. The van der Waals surface area contributed by atoms with Gasteiger partial charge < -0.3 is 4.98 Å². The lowest BCUT2D eigenvalue weighted by Crippen LogP contribution is -2.08. The molecule has 2 aromatic rings. The summed E-state index contributed by atoms with van der Waals surface area (Å²) in [5.74, 6) is 0.912. The van der Waals surface area contributed by atoms with Gasteiger partial charge in [-0.15, -0.1) is 0 Å². The molecule has 0 radical (unpaired) electrons. The zero-order valence-electron chi connectivity index (χ0n) is 10.9. The number of sulfone groups is 1. The second-order valence-electron chi connectivity index (χ2n) is 5.02. The molecule has 0 aliphatic carbocycles. The number of aromatic nitrogens is 4. The minimum atomic E-state index is -2.94. The van der Waals surface area contributed by atoms with Crippen molar-refractivity contribution in [2.45, 2.75) is 12.3 Å². The summed E-state index contributed by atoms with van der Waals surface area (Å²) in [4.78, 5) is 7.48. The summed E-state index contributed by atoms with van der Waals surface area (Å²) in [5, 5.41) is 4.12. The molecule has 1 fully saturated rings. The Balaban J connectivity index is 2.01. The van der Waals surface area contributed by atoms with Gasteiger partial charge in [0.1, 0.15) is 10.5 Å². The van der Waals surface area contributed by atoms with Crippen LogP contribution in [-0.4, -0.2) is 39.7 Å². The van der Waals surface area contributed by atoms with Gasteiger partial charge in [0.2, 0.25) is 0 Å². The molecule has 3 rings (SSSR count). The van der Waals surface area contributed by atoms with Gasteiger partial charge in [-0.2, -0.15) is 5.10 Å². The molecule has 0 bridgehead atoms. The molecule has 1 N–H and O–H groups in total. The van der Waals surface area contributed by atoms with E-state index in [1.807, 2.05) is 13.2 Å². The standard InChI is InChI=1S/C12H14N4O2S2/c1-16-6-9(5-13-16)10-4-11(19)15-12(14-10)8-2-3-20(17,18)7-8/h4-6,8H,2-3,7H2,1H3,(H,14,15,19). The van der Waals surface area contributed by atoms with Gasteiger partial charge in [0.15, 0.2) is 9.84 Å². The molecule has 1 aliphatic rings. The number of H-pyrrole nitrogens is 1. The van der Waals surface area contributed by atoms with Crippen molar-refractivity contribution in [1.29, 1.82) is 0 Å². The van der Waals surface area contributed by atoms with Crippen molar-refractivity contribution in [3.63, 3.8) is 0 Å². The van der Waals surface area contributed by atoms with E-state index in [0.717, 1.165) is 11.3 Å². The normalized spacial score (nSPS) is 21.1. The number of aromatic amines is 1. The predicted octanol–water partition coefficient (Wildman–Crippen LogP) is 1.44. The van der Waals surface area contributed by atoms with E-state index < -0.39 is 9.84 Å². The third kappa shape index (κ3) is 2.66. The summed E-state index contributed by atoms with van der Waals surface area (Å²) in [5.41, 5.74) is 1.72. The van der Waals surface area contributed by atoms with Crippen LogP contribution < -0.4 is 0 Å². The van der Waals surface area contributed by atoms with E-state index in [9.17, 15) is 8.42 Å². The Morgan fingerprint density at radius 3 is 2.90 bits per heavy atom. The van der Waals surface area contributed by atoms with Crippen LogP contribution in [0.2, 0.25) is 0 Å². The number of hydrogen-bond donors (Lipinski definition) is 1. The van der Waals surface area contributed by atoms with Gasteiger partial charge in [-0.05, 0) is 12.5 Å². The van der Waals surface area contributed by atoms with E-state index >= 15 is 0 Å². The molecule has 0 saturated carbocycles. The highest BCUT2D eigenvalue weighted by molar-refractivity contribution is 7.91. The second-order valence-corrected chi connectivity index (χ2v) is 7.67. The van der Waals surface area contributed by atoms with Crippen LogP contribution >= 0.6 is 12.2 Å². The third-order valence-corrected chi connectivity index (χ3v) is 5.37. The van der Waals surface area contributed by atoms with Crippen LogP contribution in [0.15, 0.2) is 18.5 Å². The van der Waals surface area contributed by atoms with E-state index in [2.05, 4.69) is 15.1 Å². The highest BCUT2D eigenvalue weighted by Crippen LogP contribution is 2.27. The van der Waals surface area contributed by atoms with Crippen LogP contribution in [-0.2, 0) is 16.9 Å². The largest absolute Gasteiger partial charge is 0.343 e. The highest BCUT2D eigenvalue weighted by atomic mass is 32.2. The number of hydrogen-bond acceptors (Lipinski definition) is 5. The quantitative estimate of drug-likeness (QED) is 0.849. The second kappa shape index (κ2) is 4.78. The lowest BCUT2D eigenvalue weighted by atomic mass is 10.1. The zero-order chi connectivity index (χ0) is 14.3. The van der Waals surface area contributed by atoms with Crippen LogP contribution in [0.1, 0.15) is 18.2 Å². The maximum Gasteiger partial charge on any atom is 0.151 e.